The number of rotatable bonds is 2. The number of nitrogens with zero attached hydrogens (tertiary/aromatic N) is 2. The molecule has 13 heavy (non-hydrogen) atoms. The molecule has 4 heteroatoms. The number of nitrogens with one attached hydrogen (secondary N) is 1. The zero-order valence-electron chi connectivity index (χ0n) is 6.77. The third-order valence-electron chi connectivity index (χ3n) is 1.67. The van der Waals surface area contributed by atoms with Gasteiger partial charge in [0.15, 0.2) is 5.82 Å². The molecule has 0 amide bonds. The summed E-state index contributed by atoms with van der Waals surface area (Å²) < 4.78 is 0. The third kappa shape index (κ3) is 1.62. The second-order valence-electron chi connectivity index (χ2n) is 2.53. The van der Waals surface area contributed by atoms with Gasteiger partial charge in [-0.05, 0) is 5.56 Å². The molecule has 0 aliphatic carbocycles. The molecule has 1 aromatic heterocycles. The first-order valence-electron chi connectivity index (χ1n) is 3.83. The Morgan fingerprint density at radius 1 is 1.23 bits per heavy atom. The normalized spacial score (nSPS) is 9.85. The van der Waals surface area contributed by atoms with Gasteiger partial charge in [-0.1, -0.05) is 42.5 Å². The molecule has 0 aliphatic rings. The molecular formula is C9H7N3S. The molecule has 0 saturated heterocycles. The molecular weight excluding hydrogens is 182 g/mol. The minimum Gasteiger partial charge on any atom is -0.259 e. The molecule has 64 valence electrons. The van der Waals surface area contributed by atoms with E-state index in [1.807, 2.05) is 30.3 Å². The molecule has 0 saturated carbocycles. The van der Waals surface area contributed by atoms with Crippen molar-refractivity contribution in [1.82, 2.24) is 15.2 Å². The lowest BCUT2D eigenvalue weighted by molar-refractivity contribution is 1.08. The molecule has 0 fully saturated rings. The van der Waals surface area contributed by atoms with Crippen molar-refractivity contribution < 1.29 is 0 Å². The first-order chi connectivity index (χ1) is 6.38. The second-order valence-corrected chi connectivity index (χ2v) is 2.94. The van der Waals surface area contributed by atoms with Crippen molar-refractivity contribution in [3.8, 4) is 0 Å². The summed E-state index contributed by atoms with van der Waals surface area (Å²) in [5.74, 6) is 0.640. The van der Waals surface area contributed by atoms with Gasteiger partial charge in [0.1, 0.15) is 6.33 Å². The third-order valence-corrected chi connectivity index (χ3v) is 2.10. The number of thiocarbonyl (C=S) groups is 1. The van der Waals surface area contributed by atoms with Crippen molar-refractivity contribution in [2.45, 2.75) is 0 Å². The van der Waals surface area contributed by atoms with E-state index in [1.165, 1.54) is 6.33 Å². The summed E-state index contributed by atoms with van der Waals surface area (Å²) in [5.41, 5.74) is 0.981. The molecule has 1 heterocycles. The molecule has 0 unspecified atom stereocenters. The average molecular weight is 189 g/mol. The van der Waals surface area contributed by atoms with Crippen LogP contribution in [0, 0.1) is 0 Å². The van der Waals surface area contributed by atoms with Gasteiger partial charge >= 0.3 is 0 Å². The molecule has 0 atom stereocenters. The highest BCUT2D eigenvalue weighted by molar-refractivity contribution is 7.81. The SMILES string of the molecule is S=C(c1ccccc1)c1ncn[nH]1. The van der Waals surface area contributed by atoms with Gasteiger partial charge in [0.25, 0.3) is 0 Å². The predicted octanol–water partition coefficient (Wildman–Crippen LogP) is 1.57. The van der Waals surface area contributed by atoms with Gasteiger partial charge in [0, 0.05) is 0 Å². The maximum Gasteiger partial charge on any atom is 0.167 e. The van der Waals surface area contributed by atoms with Crippen molar-refractivity contribution >= 4 is 17.1 Å². The predicted molar refractivity (Wildman–Crippen MR) is 53.6 cm³/mol. The van der Waals surface area contributed by atoms with Crippen LogP contribution in [-0.2, 0) is 0 Å². The maximum atomic E-state index is 5.21. The summed E-state index contributed by atoms with van der Waals surface area (Å²) in [4.78, 5) is 4.68. The van der Waals surface area contributed by atoms with Crippen LogP contribution in [0.3, 0.4) is 0 Å². The van der Waals surface area contributed by atoms with Crippen LogP contribution in [0.5, 0.6) is 0 Å². The number of hydrogen-bond donors (Lipinski definition) is 1. The molecule has 2 rings (SSSR count). The van der Waals surface area contributed by atoms with Gasteiger partial charge in [-0.3, -0.25) is 5.10 Å². The fourth-order valence-corrected chi connectivity index (χ4v) is 1.28. The maximum absolute atomic E-state index is 5.21. The van der Waals surface area contributed by atoms with Crippen molar-refractivity contribution in [1.29, 1.82) is 0 Å². The smallest absolute Gasteiger partial charge is 0.167 e. The molecule has 0 radical (unpaired) electrons. The van der Waals surface area contributed by atoms with Crippen LogP contribution in [0.4, 0.5) is 0 Å². The Balaban J connectivity index is 2.34. The minimum atomic E-state index is 0.640. The van der Waals surface area contributed by atoms with Gasteiger partial charge in [0.05, 0.1) is 4.86 Å². The Bertz CT molecular complexity index is 394. The molecule has 1 N–H and O–H groups in total. The van der Waals surface area contributed by atoms with Crippen LogP contribution in [0.25, 0.3) is 0 Å². The first-order valence-corrected chi connectivity index (χ1v) is 4.24. The second kappa shape index (κ2) is 3.45. The Labute approximate surface area is 80.8 Å². The monoisotopic (exact) mass is 189 g/mol. The van der Waals surface area contributed by atoms with Crippen LogP contribution in [-0.4, -0.2) is 20.0 Å². The topological polar surface area (TPSA) is 41.6 Å². The van der Waals surface area contributed by atoms with Crippen LogP contribution < -0.4 is 0 Å². The Morgan fingerprint density at radius 2 is 2.00 bits per heavy atom. The van der Waals surface area contributed by atoms with Crippen LogP contribution in [0.1, 0.15) is 11.4 Å². The largest absolute Gasteiger partial charge is 0.259 e. The van der Waals surface area contributed by atoms with E-state index in [0.717, 1.165) is 5.56 Å². The van der Waals surface area contributed by atoms with Gasteiger partial charge < -0.3 is 0 Å². The van der Waals surface area contributed by atoms with E-state index >= 15 is 0 Å². The van der Waals surface area contributed by atoms with E-state index in [-0.39, 0.29) is 0 Å². The van der Waals surface area contributed by atoms with E-state index in [0.29, 0.717) is 10.7 Å². The van der Waals surface area contributed by atoms with Gasteiger partial charge in [0.2, 0.25) is 0 Å². The molecule has 3 nitrogen and oxygen atoms in total. The number of H-pyrrole nitrogens is 1. The molecule has 2 aromatic rings. The standard InChI is InChI=1S/C9H7N3S/c13-8(9-10-6-11-12-9)7-4-2-1-3-5-7/h1-6H,(H,10,11,12). The molecule has 1 aromatic carbocycles. The van der Waals surface area contributed by atoms with Crippen molar-refractivity contribution in [2.24, 2.45) is 0 Å². The molecule has 0 spiro atoms. The quantitative estimate of drug-likeness (QED) is 0.576. The van der Waals surface area contributed by atoms with Crippen LogP contribution in [0.2, 0.25) is 0 Å². The Kier molecular flexibility index (Phi) is 2.14. The van der Waals surface area contributed by atoms with Crippen molar-refractivity contribution in [2.75, 3.05) is 0 Å². The summed E-state index contributed by atoms with van der Waals surface area (Å²) in [5, 5.41) is 6.48. The van der Waals surface area contributed by atoms with Crippen LogP contribution in [0.15, 0.2) is 36.7 Å². The number of hydrogen-bond acceptors (Lipinski definition) is 3. The highest BCUT2D eigenvalue weighted by Gasteiger charge is 2.05. The van der Waals surface area contributed by atoms with Gasteiger partial charge in [-0.25, -0.2) is 4.98 Å². The van der Waals surface area contributed by atoms with Gasteiger partial charge in [-0.15, -0.1) is 0 Å². The average Bonchev–Trinajstić information content (AvgIpc) is 2.71. The number of aromatic nitrogens is 3. The Morgan fingerprint density at radius 3 is 2.62 bits per heavy atom. The van der Waals surface area contributed by atoms with E-state index in [1.54, 1.807) is 0 Å². The number of benzene rings is 1. The zero-order chi connectivity index (χ0) is 9.10. The van der Waals surface area contributed by atoms with E-state index in [2.05, 4.69) is 15.2 Å². The summed E-state index contributed by atoms with van der Waals surface area (Å²) in [6.07, 6.45) is 1.45. The summed E-state index contributed by atoms with van der Waals surface area (Å²) in [6, 6.07) is 9.73. The van der Waals surface area contributed by atoms with Crippen LogP contribution >= 0.6 is 12.2 Å². The van der Waals surface area contributed by atoms with Crippen molar-refractivity contribution in [3.05, 3.63) is 48.0 Å². The summed E-state index contributed by atoms with van der Waals surface area (Å²) in [7, 11) is 0. The lowest BCUT2D eigenvalue weighted by Gasteiger charge is -1.97. The van der Waals surface area contributed by atoms with Gasteiger partial charge in [-0.2, -0.15) is 5.10 Å². The molecule has 0 aliphatic heterocycles. The van der Waals surface area contributed by atoms with Crippen molar-refractivity contribution in [3.63, 3.8) is 0 Å². The lowest BCUT2D eigenvalue weighted by atomic mass is 10.1. The number of aromatic amines is 1. The van der Waals surface area contributed by atoms with E-state index in [4.69, 9.17) is 12.2 Å². The highest BCUT2D eigenvalue weighted by atomic mass is 32.1. The lowest BCUT2D eigenvalue weighted by Crippen LogP contribution is -2.01. The summed E-state index contributed by atoms with van der Waals surface area (Å²) in [6.45, 7) is 0. The highest BCUT2D eigenvalue weighted by Crippen LogP contribution is 2.05. The Hall–Kier alpha value is -1.55. The van der Waals surface area contributed by atoms with E-state index < -0.39 is 0 Å². The minimum absolute atomic E-state index is 0.640. The fraction of sp³-hybridized carbons (Fsp3) is 0. The first kappa shape index (κ1) is 8.07. The zero-order valence-corrected chi connectivity index (χ0v) is 7.58. The molecule has 0 bridgehead atoms. The summed E-state index contributed by atoms with van der Waals surface area (Å²) >= 11 is 5.21. The van der Waals surface area contributed by atoms with E-state index in [9.17, 15) is 0 Å². The fourth-order valence-electron chi connectivity index (χ4n) is 1.04.